The van der Waals surface area contributed by atoms with Crippen LogP contribution < -0.4 is 4.90 Å². The first-order chi connectivity index (χ1) is 12.6. The quantitative estimate of drug-likeness (QED) is 0.814. The molecule has 1 amide bonds. The summed E-state index contributed by atoms with van der Waals surface area (Å²) in [5, 5.41) is 15.2. The predicted octanol–water partition coefficient (Wildman–Crippen LogP) is 1.55. The van der Waals surface area contributed by atoms with E-state index in [1.54, 1.807) is 24.3 Å². The van der Waals surface area contributed by atoms with Crippen LogP contribution in [0.3, 0.4) is 0 Å². The molecule has 0 unspecified atom stereocenters. The van der Waals surface area contributed by atoms with Crippen molar-refractivity contribution in [2.45, 2.75) is 37.8 Å². The Labute approximate surface area is 154 Å². The van der Waals surface area contributed by atoms with Gasteiger partial charge in [-0.2, -0.15) is 5.10 Å². The standard InChI is InChI=1S/C19H27N5O2/c1-22(18(25)8-4-13-24-14-6-11-21-24)15-19(26)9-5-12-23(16-19)17-7-2-3-10-20-17/h2-3,6-7,10-11,14,26H,4-5,8-9,12-13,15-16H2,1H3/t19-/m0/s1. The second-order valence-electron chi connectivity index (χ2n) is 7.06. The fraction of sp³-hybridized carbons (Fsp3) is 0.526. The highest BCUT2D eigenvalue weighted by atomic mass is 16.3. The van der Waals surface area contributed by atoms with Gasteiger partial charge in [-0.15, -0.1) is 0 Å². The normalized spacial score (nSPS) is 20.2. The highest BCUT2D eigenvalue weighted by Crippen LogP contribution is 2.25. The highest BCUT2D eigenvalue weighted by Gasteiger charge is 2.35. The third-order valence-electron chi connectivity index (χ3n) is 4.82. The van der Waals surface area contributed by atoms with Crippen LogP contribution in [0.5, 0.6) is 0 Å². The van der Waals surface area contributed by atoms with Gasteiger partial charge >= 0.3 is 0 Å². The Morgan fingerprint density at radius 2 is 2.23 bits per heavy atom. The van der Waals surface area contributed by atoms with E-state index >= 15 is 0 Å². The first-order valence-corrected chi connectivity index (χ1v) is 9.15. The molecule has 1 fully saturated rings. The zero-order valence-electron chi connectivity index (χ0n) is 15.3. The average Bonchev–Trinajstić information content (AvgIpc) is 3.15. The van der Waals surface area contributed by atoms with Gasteiger partial charge in [-0.05, 0) is 37.5 Å². The zero-order valence-corrected chi connectivity index (χ0v) is 15.3. The van der Waals surface area contributed by atoms with Crippen molar-refractivity contribution in [1.82, 2.24) is 19.7 Å². The number of nitrogens with zero attached hydrogens (tertiary/aromatic N) is 5. The number of β-amino-alcohol motifs (C(OH)–C–C–N with tert-alkyl or cyclic N) is 1. The van der Waals surface area contributed by atoms with Crippen LogP contribution in [0.1, 0.15) is 25.7 Å². The monoisotopic (exact) mass is 357 g/mol. The summed E-state index contributed by atoms with van der Waals surface area (Å²) in [6, 6.07) is 7.66. The summed E-state index contributed by atoms with van der Waals surface area (Å²) in [7, 11) is 1.77. The van der Waals surface area contributed by atoms with Crippen LogP contribution in [0.4, 0.5) is 5.82 Å². The Kier molecular flexibility index (Phi) is 5.88. The summed E-state index contributed by atoms with van der Waals surface area (Å²) >= 11 is 0. The van der Waals surface area contributed by atoms with Crippen molar-refractivity contribution >= 4 is 11.7 Å². The third kappa shape index (κ3) is 4.82. The molecule has 2 aromatic heterocycles. The van der Waals surface area contributed by atoms with Crippen molar-refractivity contribution in [3.63, 3.8) is 0 Å². The lowest BCUT2D eigenvalue weighted by Crippen LogP contribution is -2.54. The van der Waals surface area contributed by atoms with Gasteiger partial charge in [0.1, 0.15) is 5.82 Å². The maximum Gasteiger partial charge on any atom is 0.222 e. The Hall–Kier alpha value is -2.41. The highest BCUT2D eigenvalue weighted by molar-refractivity contribution is 5.75. The van der Waals surface area contributed by atoms with Crippen molar-refractivity contribution in [3.05, 3.63) is 42.9 Å². The number of aliphatic hydroxyl groups is 1. The van der Waals surface area contributed by atoms with Gasteiger partial charge in [-0.1, -0.05) is 6.07 Å². The van der Waals surface area contributed by atoms with E-state index < -0.39 is 5.60 Å². The summed E-state index contributed by atoms with van der Waals surface area (Å²) < 4.78 is 1.83. The van der Waals surface area contributed by atoms with Crippen LogP contribution in [0.15, 0.2) is 42.9 Å². The van der Waals surface area contributed by atoms with Crippen molar-refractivity contribution in [2.24, 2.45) is 0 Å². The molecule has 7 nitrogen and oxygen atoms in total. The Balaban J connectivity index is 1.50. The molecule has 0 aliphatic carbocycles. The molecule has 1 atom stereocenters. The average molecular weight is 357 g/mol. The summed E-state index contributed by atoms with van der Waals surface area (Å²) in [6.07, 6.45) is 8.17. The van der Waals surface area contributed by atoms with Crippen LogP contribution in [0.2, 0.25) is 0 Å². The van der Waals surface area contributed by atoms with Gasteiger partial charge in [0.15, 0.2) is 0 Å². The second kappa shape index (κ2) is 8.31. The lowest BCUT2D eigenvalue weighted by molar-refractivity contribution is -0.133. The number of piperidine rings is 1. The van der Waals surface area contributed by atoms with Crippen LogP contribution >= 0.6 is 0 Å². The van der Waals surface area contributed by atoms with Gasteiger partial charge in [0.05, 0.1) is 12.1 Å². The van der Waals surface area contributed by atoms with E-state index in [2.05, 4.69) is 15.0 Å². The number of aryl methyl sites for hydroxylation is 1. The second-order valence-corrected chi connectivity index (χ2v) is 7.06. The molecule has 1 aliphatic heterocycles. The molecule has 3 heterocycles. The van der Waals surface area contributed by atoms with E-state index in [0.717, 1.165) is 31.7 Å². The molecule has 0 aromatic carbocycles. The van der Waals surface area contributed by atoms with Crippen molar-refractivity contribution in [3.8, 4) is 0 Å². The maximum absolute atomic E-state index is 12.4. The zero-order chi connectivity index (χ0) is 18.4. The number of pyridine rings is 1. The van der Waals surface area contributed by atoms with Crippen molar-refractivity contribution in [1.29, 1.82) is 0 Å². The van der Waals surface area contributed by atoms with Gasteiger partial charge in [0, 0.05) is 51.7 Å². The summed E-state index contributed by atoms with van der Waals surface area (Å²) in [6.45, 7) is 2.44. The summed E-state index contributed by atoms with van der Waals surface area (Å²) in [4.78, 5) is 20.5. The lowest BCUT2D eigenvalue weighted by Gasteiger charge is -2.41. The predicted molar refractivity (Wildman–Crippen MR) is 99.7 cm³/mol. The number of rotatable bonds is 7. The van der Waals surface area contributed by atoms with Gasteiger partial charge in [-0.25, -0.2) is 4.98 Å². The van der Waals surface area contributed by atoms with E-state index in [1.807, 2.05) is 35.1 Å². The van der Waals surface area contributed by atoms with Crippen molar-refractivity contribution < 1.29 is 9.90 Å². The number of hydrogen-bond donors (Lipinski definition) is 1. The molecule has 2 aromatic rings. The molecule has 1 saturated heterocycles. The first-order valence-electron chi connectivity index (χ1n) is 9.15. The largest absolute Gasteiger partial charge is 0.386 e. The number of aromatic nitrogens is 3. The Morgan fingerprint density at radius 3 is 2.96 bits per heavy atom. The fourth-order valence-corrected chi connectivity index (χ4v) is 3.52. The number of likely N-dealkylation sites (N-methyl/N-ethyl adjacent to an activating group) is 1. The molecular weight excluding hydrogens is 330 g/mol. The Morgan fingerprint density at radius 1 is 1.35 bits per heavy atom. The summed E-state index contributed by atoms with van der Waals surface area (Å²) in [5.41, 5.74) is -0.901. The number of hydrogen-bond acceptors (Lipinski definition) is 5. The molecule has 0 radical (unpaired) electrons. The Bertz CT molecular complexity index is 691. The number of carbonyl (C=O) groups is 1. The van der Waals surface area contributed by atoms with Gasteiger partial charge in [0.25, 0.3) is 0 Å². The smallest absolute Gasteiger partial charge is 0.222 e. The van der Waals surface area contributed by atoms with E-state index in [4.69, 9.17) is 0 Å². The molecular formula is C19H27N5O2. The molecule has 26 heavy (non-hydrogen) atoms. The van der Waals surface area contributed by atoms with Crippen LogP contribution in [-0.4, -0.2) is 63.0 Å². The van der Waals surface area contributed by atoms with Gasteiger partial charge < -0.3 is 14.9 Å². The minimum atomic E-state index is -0.901. The minimum absolute atomic E-state index is 0.0561. The number of amides is 1. The molecule has 0 saturated carbocycles. The SMILES string of the molecule is CN(C[C@@]1(O)CCCN(c2ccccn2)C1)C(=O)CCCn1cccn1. The molecule has 0 bridgehead atoms. The van der Waals surface area contributed by atoms with Gasteiger partial charge in [-0.3, -0.25) is 9.48 Å². The molecule has 1 aliphatic rings. The molecule has 1 N–H and O–H groups in total. The van der Waals surface area contributed by atoms with E-state index in [0.29, 0.717) is 25.9 Å². The van der Waals surface area contributed by atoms with E-state index in [1.165, 1.54) is 0 Å². The number of carbonyl (C=O) groups excluding carboxylic acids is 1. The minimum Gasteiger partial charge on any atom is -0.386 e. The van der Waals surface area contributed by atoms with Gasteiger partial charge in [0.2, 0.25) is 5.91 Å². The maximum atomic E-state index is 12.4. The fourth-order valence-electron chi connectivity index (χ4n) is 3.52. The van der Waals surface area contributed by atoms with E-state index in [-0.39, 0.29) is 5.91 Å². The summed E-state index contributed by atoms with van der Waals surface area (Å²) in [5.74, 6) is 0.930. The number of anilines is 1. The van der Waals surface area contributed by atoms with Crippen LogP contribution in [-0.2, 0) is 11.3 Å². The molecule has 140 valence electrons. The van der Waals surface area contributed by atoms with Crippen LogP contribution in [0, 0.1) is 0 Å². The lowest BCUT2D eigenvalue weighted by atomic mass is 9.92. The van der Waals surface area contributed by atoms with Crippen LogP contribution in [0.25, 0.3) is 0 Å². The molecule has 3 rings (SSSR count). The van der Waals surface area contributed by atoms with Crippen molar-refractivity contribution in [2.75, 3.05) is 31.6 Å². The topological polar surface area (TPSA) is 74.5 Å². The first kappa shape index (κ1) is 18.4. The third-order valence-corrected chi connectivity index (χ3v) is 4.82. The van der Waals surface area contributed by atoms with E-state index in [9.17, 15) is 9.90 Å². The molecule has 7 heteroatoms. The molecule has 0 spiro atoms.